The largest absolute Gasteiger partial charge is 0.354 e. The van der Waals surface area contributed by atoms with Crippen LogP contribution in [0.1, 0.15) is 48.9 Å². The summed E-state index contributed by atoms with van der Waals surface area (Å²) in [6.07, 6.45) is 1.98. The lowest BCUT2D eigenvalue weighted by Crippen LogP contribution is -2.51. The fraction of sp³-hybridized carbons (Fsp3) is 0.394. The normalized spacial score (nSPS) is 12.1. The third-order valence-corrected chi connectivity index (χ3v) is 8.11. The Labute approximate surface area is 245 Å². The van der Waals surface area contributed by atoms with Crippen LogP contribution in [-0.2, 0) is 32.6 Å². The Morgan fingerprint density at radius 1 is 0.878 bits per heavy atom. The van der Waals surface area contributed by atoms with Crippen molar-refractivity contribution in [3.8, 4) is 0 Å². The van der Waals surface area contributed by atoms with Crippen LogP contribution in [0.2, 0.25) is 0 Å². The predicted octanol–water partition coefficient (Wildman–Crippen LogP) is 5.26. The lowest BCUT2D eigenvalue weighted by atomic mass is 10.0. The molecule has 220 valence electrons. The van der Waals surface area contributed by atoms with Crippen LogP contribution in [0.5, 0.6) is 0 Å². The summed E-state index contributed by atoms with van der Waals surface area (Å²) in [5, 5.41) is 3.04. The van der Waals surface area contributed by atoms with Crippen molar-refractivity contribution in [1.82, 2.24) is 10.2 Å². The lowest BCUT2D eigenvalue weighted by Gasteiger charge is -2.32. The molecule has 3 aromatic carbocycles. The Morgan fingerprint density at radius 3 is 2.17 bits per heavy atom. The first-order chi connectivity index (χ1) is 19.5. The van der Waals surface area contributed by atoms with Crippen molar-refractivity contribution in [3.63, 3.8) is 0 Å². The average molecular weight is 578 g/mol. The maximum absolute atomic E-state index is 13.9. The molecule has 0 aliphatic carbocycles. The van der Waals surface area contributed by atoms with E-state index < -0.39 is 16.1 Å². The minimum Gasteiger partial charge on any atom is -0.354 e. The van der Waals surface area contributed by atoms with E-state index in [9.17, 15) is 18.0 Å². The van der Waals surface area contributed by atoms with E-state index in [1.54, 1.807) is 17.0 Å². The fourth-order valence-electron chi connectivity index (χ4n) is 4.81. The van der Waals surface area contributed by atoms with Gasteiger partial charge in [-0.05, 0) is 48.9 Å². The van der Waals surface area contributed by atoms with E-state index in [0.29, 0.717) is 25.1 Å². The zero-order valence-corrected chi connectivity index (χ0v) is 25.7. The summed E-state index contributed by atoms with van der Waals surface area (Å²) in [6.45, 7) is 8.88. The van der Waals surface area contributed by atoms with Crippen LogP contribution in [0.3, 0.4) is 0 Å². The molecule has 0 radical (unpaired) electrons. The third-order valence-electron chi connectivity index (χ3n) is 6.93. The molecule has 0 heterocycles. The molecule has 3 rings (SSSR count). The van der Waals surface area contributed by atoms with Crippen LogP contribution < -0.4 is 9.62 Å². The van der Waals surface area contributed by atoms with E-state index in [-0.39, 0.29) is 37.2 Å². The lowest BCUT2D eigenvalue weighted by molar-refractivity contribution is -0.141. The smallest absolute Gasteiger partial charge is 0.243 e. The molecule has 1 N–H and O–H groups in total. The van der Waals surface area contributed by atoms with E-state index in [4.69, 9.17) is 0 Å². The number of rotatable bonds is 14. The maximum atomic E-state index is 13.9. The summed E-state index contributed by atoms with van der Waals surface area (Å²) in [6, 6.07) is 24.2. The van der Waals surface area contributed by atoms with Crippen molar-refractivity contribution in [2.24, 2.45) is 5.92 Å². The van der Waals surface area contributed by atoms with Crippen molar-refractivity contribution in [3.05, 3.63) is 101 Å². The van der Waals surface area contributed by atoms with Gasteiger partial charge in [0.05, 0.1) is 11.9 Å². The van der Waals surface area contributed by atoms with Crippen LogP contribution in [0.4, 0.5) is 5.69 Å². The van der Waals surface area contributed by atoms with Crippen LogP contribution in [-0.4, -0.2) is 50.5 Å². The Bertz CT molecular complexity index is 1410. The molecular formula is C33H43N3O4S. The van der Waals surface area contributed by atoms with Gasteiger partial charge in [0.1, 0.15) is 6.04 Å². The van der Waals surface area contributed by atoms with Crippen LogP contribution in [0, 0.1) is 19.8 Å². The molecule has 0 saturated heterocycles. The highest BCUT2D eigenvalue weighted by molar-refractivity contribution is 7.92. The molecule has 0 saturated carbocycles. The molecule has 0 fully saturated rings. The van der Waals surface area contributed by atoms with Gasteiger partial charge in [-0.1, -0.05) is 92.2 Å². The van der Waals surface area contributed by atoms with E-state index in [0.717, 1.165) is 22.3 Å². The summed E-state index contributed by atoms with van der Waals surface area (Å²) in [7, 11) is -3.55. The molecule has 41 heavy (non-hydrogen) atoms. The highest BCUT2D eigenvalue weighted by Crippen LogP contribution is 2.23. The van der Waals surface area contributed by atoms with Crippen molar-refractivity contribution in [2.45, 2.75) is 59.5 Å². The second-order valence-corrected chi connectivity index (χ2v) is 13.0. The van der Waals surface area contributed by atoms with Gasteiger partial charge in [-0.3, -0.25) is 13.9 Å². The van der Waals surface area contributed by atoms with Gasteiger partial charge in [-0.15, -0.1) is 0 Å². The van der Waals surface area contributed by atoms with Crippen molar-refractivity contribution >= 4 is 27.5 Å². The third kappa shape index (κ3) is 9.74. The molecule has 8 heteroatoms. The number of carbonyl (C=O) groups is 2. The Hall–Kier alpha value is -3.65. The molecule has 1 unspecified atom stereocenters. The molecule has 2 amide bonds. The first-order valence-corrected chi connectivity index (χ1v) is 16.0. The first kappa shape index (κ1) is 31.9. The van der Waals surface area contributed by atoms with E-state index in [2.05, 4.69) is 5.32 Å². The Kier molecular flexibility index (Phi) is 11.5. The molecule has 0 aliphatic rings. The number of nitrogens with one attached hydrogen (secondary N) is 1. The summed E-state index contributed by atoms with van der Waals surface area (Å²) in [5.74, 6) is -0.118. The van der Waals surface area contributed by atoms with Crippen molar-refractivity contribution in [1.29, 1.82) is 0 Å². The summed E-state index contributed by atoms with van der Waals surface area (Å²) in [4.78, 5) is 29.2. The molecule has 0 spiro atoms. The number of aryl methyl sites for hydroxylation is 2. The SMILES string of the molecule is Cc1cccc(CN(C(=O)CCCN(c2ccccc2C)S(C)(=O)=O)C(Cc2ccccc2)C(=O)NCC(C)C)c1. The fourth-order valence-corrected chi connectivity index (χ4v) is 5.83. The Balaban J connectivity index is 1.89. The van der Waals surface area contributed by atoms with Gasteiger partial charge in [0.25, 0.3) is 0 Å². The quantitative estimate of drug-likeness (QED) is 0.283. The minimum absolute atomic E-state index is 0.104. The number of carbonyl (C=O) groups excluding carboxylic acids is 2. The second-order valence-electron chi connectivity index (χ2n) is 11.1. The van der Waals surface area contributed by atoms with Crippen LogP contribution in [0.15, 0.2) is 78.9 Å². The maximum Gasteiger partial charge on any atom is 0.243 e. The summed E-state index contributed by atoms with van der Waals surface area (Å²) < 4.78 is 26.7. The number of nitrogens with zero attached hydrogens (tertiary/aromatic N) is 2. The topological polar surface area (TPSA) is 86.8 Å². The average Bonchev–Trinajstić information content (AvgIpc) is 2.92. The Morgan fingerprint density at radius 2 is 1.54 bits per heavy atom. The predicted molar refractivity (Wildman–Crippen MR) is 166 cm³/mol. The molecule has 0 aromatic heterocycles. The highest BCUT2D eigenvalue weighted by Gasteiger charge is 2.30. The number of hydrogen-bond acceptors (Lipinski definition) is 4. The van der Waals surface area contributed by atoms with Gasteiger partial charge in [-0.2, -0.15) is 0 Å². The zero-order chi connectivity index (χ0) is 30.0. The molecule has 7 nitrogen and oxygen atoms in total. The number of hydrogen-bond donors (Lipinski definition) is 1. The van der Waals surface area contributed by atoms with E-state index >= 15 is 0 Å². The number of anilines is 1. The van der Waals surface area contributed by atoms with Crippen molar-refractivity contribution < 1.29 is 18.0 Å². The van der Waals surface area contributed by atoms with Gasteiger partial charge < -0.3 is 10.2 Å². The highest BCUT2D eigenvalue weighted by atomic mass is 32.2. The minimum atomic E-state index is -3.55. The number of amides is 2. The van der Waals surface area contributed by atoms with Crippen LogP contribution in [0.25, 0.3) is 0 Å². The van der Waals surface area contributed by atoms with Crippen LogP contribution >= 0.6 is 0 Å². The molecule has 3 aromatic rings. The molecular weight excluding hydrogens is 534 g/mol. The van der Waals surface area contributed by atoms with Crippen molar-refractivity contribution in [2.75, 3.05) is 23.7 Å². The molecule has 0 aliphatic heterocycles. The summed E-state index contributed by atoms with van der Waals surface area (Å²) in [5.41, 5.74) is 4.41. The van der Waals surface area contributed by atoms with Gasteiger partial charge in [-0.25, -0.2) is 8.42 Å². The number of benzene rings is 3. The monoisotopic (exact) mass is 577 g/mol. The number of para-hydroxylation sites is 1. The summed E-state index contributed by atoms with van der Waals surface area (Å²) >= 11 is 0. The van der Waals surface area contributed by atoms with E-state index in [1.165, 1.54) is 10.6 Å². The van der Waals surface area contributed by atoms with Gasteiger partial charge >= 0.3 is 0 Å². The van der Waals surface area contributed by atoms with Gasteiger partial charge in [0.2, 0.25) is 21.8 Å². The second kappa shape index (κ2) is 14.8. The molecule has 1 atom stereocenters. The van der Waals surface area contributed by atoms with E-state index in [1.807, 2.05) is 94.4 Å². The van der Waals surface area contributed by atoms with Gasteiger partial charge in [0, 0.05) is 32.5 Å². The number of sulfonamides is 1. The first-order valence-electron chi connectivity index (χ1n) is 14.2. The molecule has 0 bridgehead atoms. The zero-order valence-electron chi connectivity index (χ0n) is 24.8. The van der Waals surface area contributed by atoms with Gasteiger partial charge in [0.15, 0.2) is 0 Å². The standard InChI is InChI=1S/C33H43N3O4S/c1-25(2)23-34-33(38)31(22-28-15-7-6-8-16-28)35(24-29-17-11-13-26(3)21-29)32(37)19-12-20-36(41(5,39)40)30-18-10-9-14-27(30)4/h6-11,13-18,21,25,31H,12,19-20,22-24H2,1-5H3,(H,34,38).